The molecule has 0 bridgehead atoms. The van der Waals surface area contributed by atoms with Crippen LogP contribution in [-0.2, 0) is 0 Å². The van der Waals surface area contributed by atoms with Crippen LogP contribution in [0.4, 0.5) is 0 Å². The maximum atomic E-state index is 12.2. The minimum Gasteiger partial charge on any atom is -0.335 e. The van der Waals surface area contributed by atoms with E-state index in [1.54, 1.807) is 12.1 Å². The van der Waals surface area contributed by atoms with Gasteiger partial charge in [-0.3, -0.25) is 4.79 Å². The van der Waals surface area contributed by atoms with Crippen molar-refractivity contribution in [2.24, 2.45) is 5.92 Å². The molecule has 92 valence electrons. The molecule has 0 N–H and O–H groups in total. The first-order valence-corrected chi connectivity index (χ1v) is 6.26. The molecule has 2 heterocycles. The van der Waals surface area contributed by atoms with Crippen LogP contribution < -0.4 is 0 Å². The molecule has 0 aliphatic carbocycles. The second kappa shape index (κ2) is 5.00. The summed E-state index contributed by atoms with van der Waals surface area (Å²) in [5, 5.41) is 7.84. The van der Waals surface area contributed by atoms with Gasteiger partial charge in [0.2, 0.25) is 0 Å². The Morgan fingerprint density at radius 3 is 2.76 bits per heavy atom. The zero-order valence-electron chi connectivity index (χ0n) is 10.1. The Morgan fingerprint density at radius 1 is 1.41 bits per heavy atom. The molecule has 2 unspecified atom stereocenters. The van der Waals surface area contributed by atoms with Crippen LogP contribution in [0.25, 0.3) is 0 Å². The molecule has 1 aromatic rings. The van der Waals surface area contributed by atoms with E-state index >= 15 is 0 Å². The number of hydrogen-bond donors (Lipinski definition) is 0. The van der Waals surface area contributed by atoms with E-state index in [2.05, 4.69) is 24.0 Å². The van der Waals surface area contributed by atoms with Crippen LogP contribution in [0.1, 0.15) is 37.2 Å². The molecular weight excluding hydrogens is 238 g/mol. The van der Waals surface area contributed by atoms with Gasteiger partial charge in [-0.2, -0.15) is 0 Å². The van der Waals surface area contributed by atoms with Crippen LogP contribution in [-0.4, -0.2) is 33.6 Å². The number of carbonyl (C=O) groups is 1. The lowest BCUT2D eigenvalue weighted by Gasteiger charge is -2.36. The van der Waals surface area contributed by atoms with Crippen molar-refractivity contribution in [3.8, 4) is 0 Å². The molecule has 0 aromatic carbocycles. The first-order chi connectivity index (χ1) is 8.08. The predicted octanol–water partition coefficient (Wildman–Crippen LogP) is 2.39. The first kappa shape index (κ1) is 12.3. The zero-order valence-corrected chi connectivity index (χ0v) is 10.8. The Balaban J connectivity index is 2.12. The van der Waals surface area contributed by atoms with Crippen molar-refractivity contribution in [1.29, 1.82) is 0 Å². The smallest absolute Gasteiger partial charge is 0.274 e. The van der Waals surface area contributed by atoms with Crippen LogP contribution in [0.5, 0.6) is 0 Å². The fourth-order valence-corrected chi connectivity index (χ4v) is 2.39. The highest BCUT2D eigenvalue weighted by Gasteiger charge is 2.28. The predicted molar refractivity (Wildman–Crippen MR) is 65.9 cm³/mol. The number of hydrogen-bond acceptors (Lipinski definition) is 3. The second-order valence-corrected chi connectivity index (χ2v) is 5.11. The Kier molecular flexibility index (Phi) is 3.62. The lowest BCUT2D eigenvalue weighted by atomic mass is 9.93. The maximum absolute atomic E-state index is 12.2. The third kappa shape index (κ3) is 2.75. The largest absolute Gasteiger partial charge is 0.335 e. The van der Waals surface area contributed by atoms with Crippen LogP contribution in [0, 0.1) is 5.92 Å². The Morgan fingerprint density at radius 2 is 2.18 bits per heavy atom. The molecule has 1 saturated heterocycles. The molecule has 0 radical (unpaired) electrons. The van der Waals surface area contributed by atoms with Gasteiger partial charge in [0.25, 0.3) is 5.91 Å². The molecule has 1 aromatic heterocycles. The molecule has 0 spiro atoms. The van der Waals surface area contributed by atoms with Crippen molar-refractivity contribution in [3.63, 3.8) is 0 Å². The highest BCUT2D eigenvalue weighted by Crippen LogP contribution is 2.23. The monoisotopic (exact) mass is 253 g/mol. The highest BCUT2D eigenvalue weighted by atomic mass is 35.5. The van der Waals surface area contributed by atoms with E-state index in [1.807, 2.05) is 4.90 Å². The third-order valence-electron chi connectivity index (χ3n) is 3.25. The fraction of sp³-hybridized carbons (Fsp3) is 0.583. The van der Waals surface area contributed by atoms with Crippen molar-refractivity contribution in [2.45, 2.75) is 32.7 Å². The summed E-state index contributed by atoms with van der Waals surface area (Å²) in [6, 6.07) is 3.49. The highest BCUT2D eigenvalue weighted by molar-refractivity contribution is 6.29. The molecule has 17 heavy (non-hydrogen) atoms. The number of nitrogens with zero attached hydrogens (tertiary/aromatic N) is 3. The third-order valence-corrected chi connectivity index (χ3v) is 3.45. The van der Waals surface area contributed by atoms with Crippen LogP contribution in [0.15, 0.2) is 12.1 Å². The van der Waals surface area contributed by atoms with Gasteiger partial charge in [0.15, 0.2) is 10.8 Å². The molecule has 1 fully saturated rings. The lowest BCUT2D eigenvalue weighted by molar-refractivity contribution is 0.0581. The average Bonchev–Trinajstić information content (AvgIpc) is 2.29. The summed E-state index contributed by atoms with van der Waals surface area (Å²) in [5.41, 5.74) is 0.371. The van der Waals surface area contributed by atoms with Gasteiger partial charge in [-0.1, -0.05) is 18.5 Å². The number of aromatic nitrogens is 2. The summed E-state index contributed by atoms with van der Waals surface area (Å²) in [7, 11) is 0. The zero-order chi connectivity index (χ0) is 12.4. The number of carbonyl (C=O) groups excluding carboxylic acids is 1. The molecule has 1 aliphatic rings. The van der Waals surface area contributed by atoms with E-state index in [1.165, 1.54) is 0 Å². The summed E-state index contributed by atoms with van der Waals surface area (Å²) in [6.07, 6.45) is 2.10. The standard InChI is InChI=1S/C12H16ClN3O/c1-8-5-6-16(9(2)7-8)12(17)10-3-4-11(13)15-14-10/h3-4,8-9H,5-7H2,1-2H3. The van der Waals surface area contributed by atoms with Gasteiger partial charge in [-0.15, -0.1) is 10.2 Å². The van der Waals surface area contributed by atoms with E-state index in [0.717, 1.165) is 19.4 Å². The Labute approximate surface area is 106 Å². The van der Waals surface area contributed by atoms with Crippen molar-refractivity contribution in [1.82, 2.24) is 15.1 Å². The average molecular weight is 254 g/mol. The fourth-order valence-electron chi connectivity index (χ4n) is 2.29. The van der Waals surface area contributed by atoms with Crippen molar-refractivity contribution >= 4 is 17.5 Å². The molecule has 0 saturated carbocycles. The van der Waals surface area contributed by atoms with Crippen molar-refractivity contribution < 1.29 is 4.79 Å². The van der Waals surface area contributed by atoms with Gasteiger partial charge in [0.05, 0.1) is 0 Å². The van der Waals surface area contributed by atoms with Crippen LogP contribution in [0.2, 0.25) is 5.15 Å². The number of amides is 1. The molecular formula is C12H16ClN3O. The Bertz CT molecular complexity index is 407. The number of likely N-dealkylation sites (tertiary alicyclic amines) is 1. The number of halogens is 1. The van der Waals surface area contributed by atoms with Gasteiger partial charge in [-0.25, -0.2) is 0 Å². The molecule has 2 atom stereocenters. The van der Waals surface area contributed by atoms with Gasteiger partial charge in [0.1, 0.15) is 0 Å². The van der Waals surface area contributed by atoms with Gasteiger partial charge < -0.3 is 4.90 Å². The van der Waals surface area contributed by atoms with Gasteiger partial charge >= 0.3 is 0 Å². The minimum absolute atomic E-state index is 0.0476. The minimum atomic E-state index is -0.0476. The second-order valence-electron chi connectivity index (χ2n) is 4.72. The summed E-state index contributed by atoms with van der Waals surface area (Å²) >= 11 is 5.65. The van der Waals surface area contributed by atoms with Crippen molar-refractivity contribution in [2.75, 3.05) is 6.54 Å². The van der Waals surface area contributed by atoms with Crippen LogP contribution in [0.3, 0.4) is 0 Å². The van der Waals surface area contributed by atoms with Gasteiger partial charge in [0, 0.05) is 12.6 Å². The molecule has 1 amide bonds. The van der Waals surface area contributed by atoms with E-state index < -0.39 is 0 Å². The van der Waals surface area contributed by atoms with Gasteiger partial charge in [-0.05, 0) is 37.8 Å². The normalized spacial score (nSPS) is 24.8. The summed E-state index contributed by atoms with van der Waals surface area (Å²) in [6.45, 7) is 5.10. The molecule has 1 aliphatic heterocycles. The summed E-state index contributed by atoms with van der Waals surface area (Å²) in [4.78, 5) is 14.1. The van der Waals surface area contributed by atoms with E-state index in [-0.39, 0.29) is 11.9 Å². The lowest BCUT2D eigenvalue weighted by Crippen LogP contribution is -2.44. The Hall–Kier alpha value is -1.16. The van der Waals surface area contributed by atoms with E-state index in [9.17, 15) is 4.79 Å². The van der Waals surface area contributed by atoms with Crippen molar-refractivity contribution in [3.05, 3.63) is 23.0 Å². The number of rotatable bonds is 1. The summed E-state index contributed by atoms with van der Waals surface area (Å²) in [5.74, 6) is 0.638. The topological polar surface area (TPSA) is 46.1 Å². The van der Waals surface area contributed by atoms with E-state index in [0.29, 0.717) is 16.8 Å². The molecule has 5 heteroatoms. The summed E-state index contributed by atoms with van der Waals surface area (Å²) < 4.78 is 0. The SMILES string of the molecule is CC1CCN(C(=O)c2ccc(Cl)nn2)C(C)C1. The maximum Gasteiger partial charge on any atom is 0.274 e. The van der Waals surface area contributed by atoms with E-state index in [4.69, 9.17) is 11.6 Å². The van der Waals surface area contributed by atoms with Crippen LogP contribution >= 0.6 is 11.6 Å². The molecule has 2 rings (SSSR count). The quantitative estimate of drug-likeness (QED) is 0.772. The number of piperidine rings is 1. The first-order valence-electron chi connectivity index (χ1n) is 5.88. The molecule has 4 nitrogen and oxygen atoms in total.